The van der Waals surface area contributed by atoms with Gasteiger partial charge in [-0.1, -0.05) is 13.8 Å². The fourth-order valence-electron chi connectivity index (χ4n) is 2.21. The molecule has 0 saturated heterocycles. The normalized spacial score (nSPS) is 11.2. The third-order valence-electron chi connectivity index (χ3n) is 3.60. The number of thiophene rings is 1. The van der Waals surface area contributed by atoms with E-state index in [1.165, 1.54) is 10.4 Å². The molecule has 2 aromatic heterocycles. The van der Waals surface area contributed by atoms with E-state index in [0.717, 1.165) is 28.3 Å². The Morgan fingerprint density at radius 3 is 2.64 bits per heavy atom. The summed E-state index contributed by atoms with van der Waals surface area (Å²) in [6.07, 6.45) is 0.992. The number of nitrogens with zero attached hydrogens (tertiary/aromatic N) is 2. The van der Waals surface area contributed by atoms with Gasteiger partial charge in [0.25, 0.3) is 0 Å². The molecule has 0 aliphatic carbocycles. The molecule has 0 aliphatic heterocycles. The van der Waals surface area contributed by atoms with Gasteiger partial charge in [0, 0.05) is 11.4 Å². The summed E-state index contributed by atoms with van der Waals surface area (Å²) >= 11 is 1.67. The molecule has 2 heterocycles. The molecule has 0 radical (unpaired) electrons. The number of carbonyl (C=O) groups excluding carboxylic acids is 1. The predicted molar refractivity (Wildman–Crippen MR) is 92.6 cm³/mol. The van der Waals surface area contributed by atoms with E-state index in [-0.39, 0.29) is 12.5 Å². The minimum atomic E-state index is -0.00494. The number of hydrogen-bond acceptors (Lipinski definition) is 5. The Labute approximate surface area is 135 Å². The lowest BCUT2D eigenvalue weighted by Gasteiger charge is -2.10. The molecule has 120 valence electrons. The lowest BCUT2D eigenvalue weighted by atomic mass is 10.1. The molecule has 0 spiro atoms. The highest BCUT2D eigenvalue weighted by Crippen LogP contribution is 2.32. The SMILES string of the molecule is Cc1nc(NCC(=O)NCCC(C)C)c2c(C)c(C)sc2n1. The average molecular weight is 320 g/mol. The summed E-state index contributed by atoms with van der Waals surface area (Å²) in [7, 11) is 0. The number of aryl methyl sites for hydroxylation is 3. The quantitative estimate of drug-likeness (QED) is 0.858. The zero-order valence-electron chi connectivity index (χ0n) is 13.9. The van der Waals surface area contributed by atoms with E-state index in [1.54, 1.807) is 11.3 Å². The second-order valence-corrected chi connectivity index (χ2v) is 7.17. The Balaban J connectivity index is 2.06. The van der Waals surface area contributed by atoms with Crippen molar-refractivity contribution in [2.24, 2.45) is 5.92 Å². The number of aromatic nitrogens is 2. The van der Waals surface area contributed by atoms with Gasteiger partial charge in [0.2, 0.25) is 5.91 Å². The van der Waals surface area contributed by atoms with Gasteiger partial charge in [0.15, 0.2) is 0 Å². The number of rotatable bonds is 6. The Morgan fingerprint density at radius 1 is 1.23 bits per heavy atom. The smallest absolute Gasteiger partial charge is 0.239 e. The summed E-state index contributed by atoms with van der Waals surface area (Å²) in [5.74, 6) is 2.06. The van der Waals surface area contributed by atoms with Gasteiger partial charge >= 0.3 is 0 Å². The van der Waals surface area contributed by atoms with Crippen LogP contribution in [-0.2, 0) is 4.79 Å². The third kappa shape index (κ3) is 3.94. The third-order valence-corrected chi connectivity index (χ3v) is 4.70. The molecule has 2 aromatic rings. The number of nitrogens with one attached hydrogen (secondary N) is 2. The van der Waals surface area contributed by atoms with Crippen LogP contribution in [0.1, 0.15) is 36.5 Å². The van der Waals surface area contributed by atoms with Gasteiger partial charge in [-0.15, -0.1) is 11.3 Å². The van der Waals surface area contributed by atoms with Crippen LogP contribution in [0, 0.1) is 26.7 Å². The van der Waals surface area contributed by atoms with Crippen LogP contribution in [-0.4, -0.2) is 29.0 Å². The lowest BCUT2D eigenvalue weighted by molar-refractivity contribution is -0.119. The number of anilines is 1. The van der Waals surface area contributed by atoms with E-state index in [1.807, 2.05) is 6.92 Å². The second kappa shape index (κ2) is 7.05. The van der Waals surface area contributed by atoms with Crippen LogP contribution in [0.15, 0.2) is 0 Å². The molecule has 0 atom stereocenters. The van der Waals surface area contributed by atoms with Crippen molar-refractivity contribution in [1.29, 1.82) is 0 Å². The van der Waals surface area contributed by atoms with Crippen LogP contribution < -0.4 is 10.6 Å². The second-order valence-electron chi connectivity index (χ2n) is 5.97. The standard InChI is InChI=1S/C16H24N4OS/c1-9(2)6-7-17-13(21)8-18-15-14-10(3)11(4)22-16(14)20-12(5)19-15/h9H,6-8H2,1-5H3,(H,17,21)(H,18,19,20). The van der Waals surface area contributed by atoms with Crippen molar-refractivity contribution in [2.45, 2.75) is 41.0 Å². The molecule has 0 aliphatic rings. The number of carbonyl (C=O) groups is 1. The van der Waals surface area contributed by atoms with Crippen molar-refractivity contribution in [1.82, 2.24) is 15.3 Å². The first-order valence-corrected chi connectivity index (χ1v) is 8.45. The van der Waals surface area contributed by atoms with Gasteiger partial charge in [0.05, 0.1) is 11.9 Å². The van der Waals surface area contributed by atoms with Crippen molar-refractivity contribution in [2.75, 3.05) is 18.4 Å². The molecule has 0 bridgehead atoms. The maximum atomic E-state index is 11.9. The summed E-state index contributed by atoms with van der Waals surface area (Å²) in [5, 5.41) is 7.12. The largest absolute Gasteiger partial charge is 0.360 e. The van der Waals surface area contributed by atoms with E-state index in [2.05, 4.69) is 48.3 Å². The molecule has 2 rings (SSSR count). The first-order chi connectivity index (χ1) is 10.4. The first-order valence-electron chi connectivity index (χ1n) is 7.63. The molecular weight excluding hydrogens is 296 g/mol. The van der Waals surface area contributed by atoms with E-state index in [0.29, 0.717) is 12.5 Å². The number of hydrogen-bond donors (Lipinski definition) is 2. The highest BCUT2D eigenvalue weighted by atomic mass is 32.1. The molecule has 22 heavy (non-hydrogen) atoms. The van der Waals surface area contributed by atoms with Crippen LogP contribution in [0.4, 0.5) is 5.82 Å². The molecule has 0 fully saturated rings. The number of amides is 1. The van der Waals surface area contributed by atoms with Crippen molar-refractivity contribution >= 4 is 33.3 Å². The Hall–Kier alpha value is -1.69. The van der Waals surface area contributed by atoms with Gasteiger partial charge in [0.1, 0.15) is 16.5 Å². The molecule has 0 unspecified atom stereocenters. The van der Waals surface area contributed by atoms with Gasteiger partial charge in [-0.25, -0.2) is 9.97 Å². The Morgan fingerprint density at radius 2 is 1.95 bits per heavy atom. The van der Waals surface area contributed by atoms with Gasteiger partial charge in [-0.3, -0.25) is 4.79 Å². The Kier molecular flexibility index (Phi) is 5.34. The Bertz CT molecular complexity index is 678. The average Bonchev–Trinajstić information content (AvgIpc) is 2.70. The van der Waals surface area contributed by atoms with Gasteiger partial charge in [-0.05, 0) is 38.7 Å². The maximum absolute atomic E-state index is 11.9. The maximum Gasteiger partial charge on any atom is 0.239 e. The highest BCUT2D eigenvalue weighted by Gasteiger charge is 2.14. The molecule has 1 amide bonds. The topological polar surface area (TPSA) is 66.9 Å². The summed E-state index contributed by atoms with van der Waals surface area (Å²) in [4.78, 5) is 23.0. The summed E-state index contributed by atoms with van der Waals surface area (Å²) in [6, 6.07) is 0. The van der Waals surface area contributed by atoms with Crippen LogP contribution in [0.2, 0.25) is 0 Å². The molecule has 5 nitrogen and oxygen atoms in total. The van der Waals surface area contributed by atoms with E-state index in [9.17, 15) is 4.79 Å². The summed E-state index contributed by atoms with van der Waals surface area (Å²) in [5.41, 5.74) is 1.18. The van der Waals surface area contributed by atoms with E-state index in [4.69, 9.17) is 0 Å². The van der Waals surface area contributed by atoms with Gasteiger partial charge < -0.3 is 10.6 Å². The van der Waals surface area contributed by atoms with Crippen molar-refractivity contribution in [3.05, 3.63) is 16.3 Å². The van der Waals surface area contributed by atoms with Crippen LogP contribution in [0.25, 0.3) is 10.2 Å². The van der Waals surface area contributed by atoms with Crippen LogP contribution in [0.3, 0.4) is 0 Å². The summed E-state index contributed by atoms with van der Waals surface area (Å²) in [6.45, 7) is 11.3. The minimum Gasteiger partial charge on any atom is -0.360 e. The lowest BCUT2D eigenvalue weighted by Crippen LogP contribution is -2.31. The molecule has 2 N–H and O–H groups in total. The fraction of sp³-hybridized carbons (Fsp3) is 0.562. The zero-order chi connectivity index (χ0) is 16.3. The molecule has 0 saturated carbocycles. The minimum absolute atomic E-state index is 0.00494. The van der Waals surface area contributed by atoms with Gasteiger partial charge in [-0.2, -0.15) is 0 Å². The predicted octanol–water partition coefficient (Wildman–Crippen LogP) is 3.19. The van der Waals surface area contributed by atoms with Crippen molar-refractivity contribution in [3.8, 4) is 0 Å². The van der Waals surface area contributed by atoms with Crippen LogP contribution in [0.5, 0.6) is 0 Å². The molecular formula is C16H24N4OS. The molecule has 0 aromatic carbocycles. The zero-order valence-corrected chi connectivity index (χ0v) is 14.7. The summed E-state index contributed by atoms with van der Waals surface area (Å²) < 4.78 is 0. The highest BCUT2D eigenvalue weighted by molar-refractivity contribution is 7.18. The van der Waals surface area contributed by atoms with Crippen molar-refractivity contribution < 1.29 is 4.79 Å². The molecule has 6 heteroatoms. The van der Waals surface area contributed by atoms with Crippen LogP contribution >= 0.6 is 11.3 Å². The first kappa shape index (κ1) is 16.7. The fourth-order valence-corrected chi connectivity index (χ4v) is 3.29. The van der Waals surface area contributed by atoms with E-state index < -0.39 is 0 Å². The van der Waals surface area contributed by atoms with E-state index >= 15 is 0 Å². The monoisotopic (exact) mass is 320 g/mol. The van der Waals surface area contributed by atoms with Crippen molar-refractivity contribution in [3.63, 3.8) is 0 Å². The number of fused-ring (bicyclic) bond motifs is 1.